The molecule has 3 atom stereocenters. The van der Waals surface area contributed by atoms with Gasteiger partial charge in [-0.1, -0.05) is 20.8 Å². The van der Waals surface area contributed by atoms with Crippen LogP contribution < -0.4 is 10.6 Å². The van der Waals surface area contributed by atoms with Crippen LogP contribution in [0, 0.1) is 28.1 Å². The van der Waals surface area contributed by atoms with Crippen molar-refractivity contribution in [3.8, 4) is 0 Å². The minimum Gasteiger partial charge on any atom is -0.379 e. The molecule has 3 fully saturated rings. The first-order chi connectivity index (χ1) is 11.6. The molecule has 2 amide bonds. The van der Waals surface area contributed by atoms with Crippen LogP contribution in [0.4, 0.5) is 0 Å². The fourth-order valence-electron chi connectivity index (χ4n) is 4.46. The summed E-state index contributed by atoms with van der Waals surface area (Å²) in [6.45, 7) is 13.1. The standard InChI is InChI=1S/C19H32N2O4/c1-12-6-17(2,3)13(7-20-15(22)18(4)8-24-9-18)14(12)21-16(23)19(5)10-25-11-19/h12-14H,6-11H2,1-5H3,(H,20,22)(H,21,23). The van der Waals surface area contributed by atoms with Crippen molar-refractivity contribution in [1.82, 2.24) is 10.6 Å². The monoisotopic (exact) mass is 352 g/mol. The molecule has 0 spiro atoms. The lowest BCUT2D eigenvalue weighted by Crippen LogP contribution is -2.58. The van der Waals surface area contributed by atoms with E-state index in [2.05, 4.69) is 31.4 Å². The van der Waals surface area contributed by atoms with Crippen molar-refractivity contribution in [3.05, 3.63) is 0 Å². The third-order valence-electron chi connectivity index (χ3n) is 6.46. The van der Waals surface area contributed by atoms with Gasteiger partial charge >= 0.3 is 0 Å². The molecule has 6 nitrogen and oxygen atoms in total. The van der Waals surface area contributed by atoms with Gasteiger partial charge in [0.25, 0.3) is 0 Å². The summed E-state index contributed by atoms with van der Waals surface area (Å²) < 4.78 is 10.4. The van der Waals surface area contributed by atoms with Gasteiger partial charge in [0, 0.05) is 18.5 Å². The minimum atomic E-state index is -0.406. The first-order valence-electron chi connectivity index (χ1n) is 9.32. The molecule has 0 aromatic rings. The molecule has 2 N–H and O–H groups in total. The van der Waals surface area contributed by atoms with E-state index in [0.717, 1.165) is 6.42 Å². The molecule has 0 radical (unpaired) electrons. The van der Waals surface area contributed by atoms with Gasteiger partial charge in [-0.2, -0.15) is 0 Å². The minimum absolute atomic E-state index is 0.0542. The van der Waals surface area contributed by atoms with Crippen molar-refractivity contribution >= 4 is 11.8 Å². The highest BCUT2D eigenvalue weighted by molar-refractivity contribution is 5.84. The molecule has 3 aliphatic rings. The van der Waals surface area contributed by atoms with Gasteiger partial charge < -0.3 is 20.1 Å². The lowest BCUT2D eigenvalue weighted by Gasteiger charge is -2.40. The lowest BCUT2D eigenvalue weighted by molar-refractivity contribution is -0.159. The Balaban J connectivity index is 1.65. The van der Waals surface area contributed by atoms with Gasteiger partial charge in [-0.05, 0) is 31.6 Å². The predicted molar refractivity (Wildman–Crippen MR) is 93.8 cm³/mol. The van der Waals surface area contributed by atoms with Crippen LogP contribution in [0.2, 0.25) is 0 Å². The average molecular weight is 352 g/mol. The summed E-state index contributed by atoms with van der Waals surface area (Å²) in [6.07, 6.45) is 1.03. The summed E-state index contributed by atoms with van der Waals surface area (Å²) in [5.41, 5.74) is -0.737. The summed E-state index contributed by atoms with van der Waals surface area (Å²) >= 11 is 0. The quantitative estimate of drug-likeness (QED) is 0.783. The fraction of sp³-hybridized carbons (Fsp3) is 0.895. The number of rotatable bonds is 5. The topological polar surface area (TPSA) is 76.7 Å². The van der Waals surface area contributed by atoms with E-state index in [9.17, 15) is 9.59 Å². The number of hydrogen-bond donors (Lipinski definition) is 2. The molecular formula is C19H32N2O4. The van der Waals surface area contributed by atoms with E-state index in [4.69, 9.17) is 9.47 Å². The number of amides is 2. The molecule has 1 aliphatic carbocycles. The Bertz CT molecular complexity index is 552. The molecular weight excluding hydrogens is 320 g/mol. The van der Waals surface area contributed by atoms with Crippen molar-refractivity contribution in [1.29, 1.82) is 0 Å². The van der Waals surface area contributed by atoms with Crippen LogP contribution in [0.15, 0.2) is 0 Å². The lowest BCUT2D eigenvalue weighted by atomic mass is 9.79. The molecule has 142 valence electrons. The Labute approximate surface area is 150 Å². The fourth-order valence-corrected chi connectivity index (χ4v) is 4.46. The highest BCUT2D eigenvalue weighted by atomic mass is 16.5. The van der Waals surface area contributed by atoms with Gasteiger partial charge in [0.2, 0.25) is 11.8 Å². The number of carbonyl (C=O) groups is 2. The Morgan fingerprint density at radius 2 is 1.48 bits per heavy atom. The second-order valence-electron chi connectivity index (χ2n) is 9.59. The van der Waals surface area contributed by atoms with Crippen LogP contribution in [-0.2, 0) is 19.1 Å². The van der Waals surface area contributed by atoms with E-state index >= 15 is 0 Å². The maximum Gasteiger partial charge on any atom is 0.230 e. The predicted octanol–water partition coefficient (Wildman–Crippen LogP) is 1.34. The van der Waals surface area contributed by atoms with Crippen molar-refractivity contribution in [2.24, 2.45) is 28.1 Å². The molecule has 0 aromatic carbocycles. The molecule has 2 heterocycles. The molecule has 0 bridgehead atoms. The zero-order valence-electron chi connectivity index (χ0n) is 16.1. The number of carbonyl (C=O) groups excluding carboxylic acids is 2. The van der Waals surface area contributed by atoms with E-state index < -0.39 is 10.8 Å². The van der Waals surface area contributed by atoms with E-state index in [1.807, 2.05) is 13.8 Å². The van der Waals surface area contributed by atoms with Gasteiger partial charge in [0.1, 0.15) is 0 Å². The Hall–Kier alpha value is -1.14. The van der Waals surface area contributed by atoms with Crippen LogP contribution in [0.3, 0.4) is 0 Å². The zero-order valence-corrected chi connectivity index (χ0v) is 16.1. The van der Waals surface area contributed by atoms with E-state index in [1.165, 1.54) is 0 Å². The number of hydrogen-bond acceptors (Lipinski definition) is 4. The first kappa shape index (κ1) is 18.6. The summed E-state index contributed by atoms with van der Waals surface area (Å²) in [5.74, 6) is 0.722. The second-order valence-corrected chi connectivity index (χ2v) is 9.59. The smallest absolute Gasteiger partial charge is 0.230 e. The summed E-state index contributed by atoms with van der Waals surface area (Å²) in [5, 5.41) is 6.39. The molecule has 6 heteroatoms. The largest absolute Gasteiger partial charge is 0.379 e. The maximum atomic E-state index is 12.7. The number of ether oxygens (including phenoxy) is 2. The van der Waals surface area contributed by atoms with Crippen molar-refractivity contribution in [2.75, 3.05) is 33.0 Å². The van der Waals surface area contributed by atoms with Crippen LogP contribution in [-0.4, -0.2) is 50.8 Å². The molecule has 3 unspecified atom stereocenters. The van der Waals surface area contributed by atoms with Crippen molar-refractivity contribution in [2.45, 2.75) is 47.1 Å². The number of nitrogens with one attached hydrogen (secondary N) is 2. The third kappa shape index (κ3) is 3.31. The molecule has 25 heavy (non-hydrogen) atoms. The first-order valence-corrected chi connectivity index (χ1v) is 9.32. The van der Waals surface area contributed by atoms with Crippen LogP contribution in [0.1, 0.15) is 41.0 Å². The highest BCUT2D eigenvalue weighted by Gasteiger charge is 2.50. The van der Waals surface area contributed by atoms with E-state index in [1.54, 1.807) is 0 Å². The average Bonchev–Trinajstić information content (AvgIpc) is 2.68. The third-order valence-corrected chi connectivity index (χ3v) is 6.46. The van der Waals surface area contributed by atoms with Crippen molar-refractivity contribution in [3.63, 3.8) is 0 Å². The molecule has 3 rings (SSSR count). The van der Waals surface area contributed by atoms with Gasteiger partial charge in [-0.3, -0.25) is 9.59 Å². The van der Waals surface area contributed by atoms with E-state index in [-0.39, 0.29) is 29.2 Å². The molecule has 0 aromatic heterocycles. The van der Waals surface area contributed by atoms with E-state index in [0.29, 0.717) is 38.9 Å². The summed E-state index contributed by atoms with van der Waals surface area (Å²) in [4.78, 5) is 25.1. The molecule has 1 saturated carbocycles. The van der Waals surface area contributed by atoms with Gasteiger partial charge in [0.15, 0.2) is 0 Å². The van der Waals surface area contributed by atoms with Crippen molar-refractivity contribution < 1.29 is 19.1 Å². The summed E-state index contributed by atoms with van der Waals surface area (Å²) in [6, 6.07) is 0.0747. The molecule has 2 saturated heterocycles. The van der Waals surface area contributed by atoms with Gasteiger partial charge in [-0.15, -0.1) is 0 Å². The summed E-state index contributed by atoms with van der Waals surface area (Å²) in [7, 11) is 0. The Kier molecular flexibility index (Phi) is 4.65. The Morgan fingerprint density at radius 1 is 0.960 bits per heavy atom. The normalized spacial score (nSPS) is 34.5. The Morgan fingerprint density at radius 3 is 1.96 bits per heavy atom. The zero-order chi connectivity index (χ0) is 18.5. The SMILES string of the molecule is CC1CC(C)(C)C(CNC(=O)C2(C)COC2)C1NC(=O)C1(C)COC1. The highest BCUT2D eigenvalue weighted by Crippen LogP contribution is 2.46. The second kappa shape index (κ2) is 6.23. The van der Waals surface area contributed by atoms with Gasteiger partial charge in [0.05, 0.1) is 37.3 Å². The van der Waals surface area contributed by atoms with Gasteiger partial charge in [-0.25, -0.2) is 0 Å². The van der Waals surface area contributed by atoms with Crippen LogP contribution >= 0.6 is 0 Å². The molecule has 2 aliphatic heterocycles. The van der Waals surface area contributed by atoms with Crippen LogP contribution in [0.5, 0.6) is 0 Å². The maximum absolute atomic E-state index is 12.7. The van der Waals surface area contributed by atoms with Crippen LogP contribution in [0.25, 0.3) is 0 Å².